The molecule has 0 N–H and O–H groups in total. The Labute approximate surface area is 315 Å². The fourth-order valence-corrected chi connectivity index (χ4v) is 7.54. The van der Waals surface area contributed by atoms with Gasteiger partial charge in [0.1, 0.15) is 6.61 Å². The maximum absolute atomic E-state index is 14.4. The molecule has 52 heavy (non-hydrogen) atoms. The van der Waals surface area contributed by atoms with Gasteiger partial charge in [-0.25, -0.2) is 9.79 Å². The standard InChI is InChI=1S/C38H32IN3O9S/c1-5-50-37(44)32-33(24-9-7-6-8-10-24)40-38-41(34(32)25-13-16-28(47-2)29(20-25)48-3)36(43)31(52-38)19-23-17-27(39)35(30(18-23)49-4)51-21-22-11-14-26(15-12-22)42(45)46/h6-20,34H,5,21H2,1-4H3/b31-19-/t34-/m0/s1. The van der Waals surface area contributed by atoms with Crippen LogP contribution in [0, 0.1) is 13.7 Å². The van der Waals surface area contributed by atoms with Crippen LogP contribution in [0.1, 0.15) is 35.2 Å². The number of nitro benzene ring substituents is 1. The molecule has 12 nitrogen and oxygen atoms in total. The van der Waals surface area contributed by atoms with Gasteiger partial charge in [-0.15, -0.1) is 0 Å². The summed E-state index contributed by atoms with van der Waals surface area (Å²) in [6.07, 6.45) is 1.75. The van der Waals surface area contributed by atoms with Crippen molar-refractivity contribution in [3.05, 3.63) is 146 Å². The summed E-state index contributed by atoms with van der Waals surface area (Å²) in [7, 11) is 4.57. The van der Waals surface area contributed by atoms with Crippen molar-refractivity contribution in [2.45, 2.75) is 19.6 Å². The number of aromatic nitrogens is 1. The van der Waals surface area contributed by atoms with E-state index in [4.69, 9.17) is 28.7 Å². The Morgan fingerprint density at radius 1 is 0.962 bits per heavy atom. The quantitative estimate of drug-likeness (QED) is 0.0636. The number of ether oxygens (including phenoxy) is 5. The molecule has 0 saturated heterocycles. The lowest BCUT2D eigenvalue weighted by molar-refractivity contribution is -0.384. The zero-order valence-corrected chi connectivity index (χ0v) is 31.4. The van der Waals surface area contributed by atoms with Crippen molar-refractivity contribution in [1.82, 2.24) is 4.57 Å². The summed E-state index contributed by atoms with van der Waals surface area (Å²) in [5.41, 5.74) is 2.96. The summed E-state index contributed by atoms with van der Waals surface area (Å²) in [5.74, 6) is 1.25. The number of nitrogens with zero attached hydrogens (tertiary/aromatic N) is 3. The van der Waals surface area contributed by atoms with Crippen LogP contribution in [-0.2, 0) is 16.1 Å². The van der Waals surface area contributed by atoms with Crippen LogP contribution in [0.25, 0.3) is 11.8 Å². The number of hydrogen-bond donors (Lipinski definition) is 0. The Morgan fingerprint density at radius 3 is 2.33 bits per heavy atom. The lowest BCUT2D eigenvalue weighted by Crippen LogP contribution is -2.40. The van der Waals surface area contributed by atoms with E-state index in [-0.39, 0.29) is 30.0 Å². The summed E-state index contributed by atoms with van der Waals surface area (Å²) >= 11 is 3.33. The zero-order chi connectivity index (χ0) is 36.9. The molecule has 5 aromatic rings. The van der Waals surface area contributed by atoms with E-state index >= 15 is 0 Å². The molecule has 6 rings (SSSR count). The Hall–Kier alpha value is -5.48. The van der Waals surface area contributed by atoms with Crippen LogP contribution in [-0.4, -0.2) is 43.4 Å². The van der Waals surface area contributed by atoms with E-state index in [1.807, 2.05) is 36.4 Å². The van der Waals surface area contributed by atoms with Crippen LogP contribution >= 0.6 is 33.9 Å². The second kappa shape index (κ2) is 15.8. The van der Waals surface area contributed by atoms with Gasteiger partial charge in [-0.05, 0) is 88.7 Å². The summed E-state index contributed by atoms with van der Waals surface area (Å²) in [6.45, 7) is 2.01. The Kier molecular flexibility index (Phi) is 11.0. The average molecular weight is 834 g/mol. The lowest BCUT2D eigenvalue weighted by Gasteiger charge is -2.26. The highest BCUT2D eigenvalue weighted by molar-refractivity contribution is 14.1. The first kappa shape index (κ1) is 36.3. The predicted molar refractivity (Wildman–Crippen MR) is 204 cm³/mol. The Bertz CT molecular complexity index is 2370. The zero-order valence-electron chi connectivity index (χ0n) is 28.5. The number of benzene rings is 4. The maximum Gasteiger partial charge on any atom is 0.338 e. The molecule has 14 heteroatoms. The molecule has 0 spiro atoms. The van der Waals surface area contributed by atoms with E-state index in [9.17, 15) is 19.7 Å². The molecule has 1 aliphatic rings. The van der Waals surface area contributed by atoms with Crippen molar-refractivity contribution in [1.29, 1.82) is 0 Å². The van der Waals surface area contributed by atoms with Crippen LogP contribution in [0.15, 0.2) is 100 Å². The minimum Gasteiger partial charge on any atom is -0.493 e. The molecule has 1 aromatic heterocycles. The van der Waals surface area contributed by atoms with Gasteiger partial charge in [-0.2, -0.15) is 0 Å². The topological polar surface area (TPSA) is 141 Å². The second-order valence-corrected chi connectivity index (χ2v) is 13.5. The van der Waals surface area contributed by atoms with Crippen molar-refractivity contribution >= 4 is 57.4 Å². The highest BCUT2D eigenvalue weighted by Gasteiger charge is 2.35. The van der Waals surface area contributed by atoms with Gasteiger partial charge in [0.25, 0.3) is 11.2 Å². The van der Waals surface area contributed by atoms with Crippen molar-refractivity contribution < 1.29 is 33.4 Å². The van der Waals surface area contributed by atoms with E-state index in [1.165, 1.54) is 49.4 Å². The number of carbonyl (C=O) groups is 1. The normalized spacial score (nSPS) is 13.9. The van der Waals surface area contributed by atoms with Crippen LogP contribution in [0.5, 0.6) is 23.0 Å². The molecule has 0 radical (unpaired) electrons. The van der Waals surface area contributed by atoms with Crippen molar-refractivity contribution in [2.24, 2.45) is 4.99 Å². The molecule has 1 atom stereocenters. The number of fused-ring (bicyclic) bond motifs is 1. The molecular formula is C38H32IN3O9S. The van der Waals surface area contributed by atoms with Gasteiger partial charge in [0.15, 0.2) is 27.8 Å². The van der Waals surface area contributed by atoms with Crippen molar-refractivity contribution in [3.63, 3.8) is 0 Å². The van der Waals surface area contributed by atoms with Crippen LogP contribution in [0.2, 0.25) is 0 Å². The number of carbonyl (C=O) groups excluding carboxylic acids is 1. The second-order valence-electron chi connectivity index (χ2n) is 11.3. The molecule has 1 aliphatic heterocycles. The molecule has 0 unspecified atom stereocenters. The van der Waals surface area contributed by atoms with Crippen LogP contribution in [0.3, 0.4) is 0 Å². The van der Waals surface area contributed by atoms with E-state index in [0.717, 1.165) is 9.13 Å². The van der Waals surface area contributed by atoms with Gasteiger partial charge in [-0.1, -0.05) is 47.7 Å². The molecule has 0 amide bonds. The number of rotatable bonds is 12. The number of nitro groups is 1. The van der Waals surface area contributed by atoms with E-state index in [1.54, 1.807) is 49.4 Å². The molecule has 4 aromatic carbocycles. The first-order valence-electron chi connectivity index (χ1n) is 15.9. The summed E-state index contributed by atoms with van der Waals surface area (Å²) < 4.78 is 31.0. The number of esters is 1. The number of hydrogen-bond acceptors (Lipinski definition) is 11. The largest absolute Gasteiger partial charge is 0.493 e. The first-order chi connectivity index (χ1) is 25.2. The van der Waals surface area contributed by atoms with Gasteiger partial charge in [-0.3, -0.25) is 19.5 Å². The Morgan fingerprint density at radius 2 is 1.67 bits per heavy atom. The highest BCUT2D eigenvalue weighted by Crippen LogP contribution is 2.39. The number of halogens is 1. The summed E-state index contributed by atoms with van der Waals surface area (Å²) in [4.78, 5) is 44.1. The number of thiazole rings is 1. The number of non-ortho nitro benzene ring substituents is 1. The lowest BCUT2D eigenvalue weighted by atomic mass is 9.93. The molecular weight excluding hydrogens is 801 g/mol. The van der Waals surface area contributed by atoms with E-state index in [0.29, 0.717) is 54.7 Å². The smallest absolute Gasteiger partial charge is 0.338 e. The third-order valence-corrected chi connectivity index (χ3v) is 9.96. The average Bonchev–Trinajstić information content (AvgIpc) is 3.47. The Balaban J connectivity index is 1.48. The molecule has 266 valence electrons. The fraction of sp³-hybridized carbons (Fsp3) is 0.184. The molecule has 0 aliphatic carbocycles. The van der Waals surface area contributed by atoms with Gasteiger partial charge < -0.3 is 23.7 Å². The van der Waals surface area contributed by atoms with Crippen molar-refractivity contribution in [3.8, 4) is 23.0 Å². The SMILES string of the molecule is CCOC(=O)C1=C(c2ccccc2)N=c2s/c(=C\c3cc(I)c(OCc4ccc([N+](=O)[O-])cc4)c(OC)c3)c(=O)n2[C@H]1c1ccc(OC)c(OC)c1. The molecule has 0 saturated carbocycles. The molecule has 0 fully saturated rings. The van der Waals surface area contributed by atoms with Crippen LogP contribution < -0.4 is 33.8 Å². The van der Waals surface area contributed by atoms with Gasteiger partial charge in [0, 0.05) is 17.7 Å². The fourth-order valence-electron chi connectivity index (χ4n) is 5.76. The monoisotopic (exact) mass is 833 g/mol. The third kappa shape index (κ3) is 7.29. The van der Waals surface area contributed by atoms with Gasteiger partial charge >= 0.3 is 5.97 Å². The van der Waals surface area contributed by atoms with Crippen molar-refractivity contribution in [2.75, 3.05) is 27.9 Å². The van der Waals surface area contributed by atoms with Gasteiger partial charge in [0.2, 0.25) is 0 Å². The van der Waals surface area contributed by atoms with E-state index in [2.05, 4.69) is 22.6 Å². The first-order valence-corrected chi connectivity index (χ1v) is 17.8. The summed E-state index contributed by atoms with van der Waals surface area (Å²) in [6, 6.07) is 23.4. The van der Waals surface area contributed by atoms with E-state index < -0.39 is 16.9 Å². The maximum atomic E-state index is 14.4. The predicted octanol–water partition coefficient (Wildman–Crippen LogP) is 6.05. The van der Waals surface area contributed by atoms with Crippen LogP contribution in [0.4, 0.5) is 5.69 Å². The minimum absolute atomic E-state index is 0.00556. The number of methoxy groups -OCH3 is 3. The molecule has 2 heterocycles. The third-order valence-electron chi connectivity index (χ3n) is 8.18. The minimum atomic E-state index is -0.905. The molecule has 0 bridgehead atoms. The highest BCUT2D eigenvalue weighted by atomic mass is 127. The summed E-state index contributed by atoms with van der Waals surface area (Å²) in [5, 5.41) is 11.0. The van der Waals surface area contributed by atoms with Gasteiger partial charge in [0.05, 0.1) is 58.3 Å².